The number of sulfone groups is 1. The van der Waals surface area contributed by atoms with E-state index in [4.69, 9.17) is 0 Å². The predicted molar refractivity (Wildman–Crippen MR) is 150 cm³/mol. The molecule has 0 aromatic heterocycles. The zero-order valence-corrected chi connectivity index (χ0v) is 22.6. The fraction of sp³-hybridized carbons (Fsp3) is 0.0435. The fourth-order valence-electron chi connectivity index (χ4n) is 3.65. The maximum atomic E-state index is 13.1. The number of aromatic hydroxyl groups is 1. The van der Waals surface area contributed by atoms with Crippen LogP contribution >= 0.6 is 0 Å². The van der Waals surface area contributed by atoms with E-state index in [1.165, 1.54) is 30.3 Å². The molecule has 0 aliphatic carbocycles. The molecule has 210 valence electrons. The van der Waals surface area contributed by atoms with E-state index < -0.39 is 55.3 Å². The summed E-state index contributed by atoms with van der Waals surface area (Å²) in [6, 6.07) is 13.7. The van der Waals surface area contributed by atoms with E-state index in [0.29, 0.717) is 0 Å². The number of azo groups is 1. The van der Waals surface area contributed by atoms with Crippen molar-refractivity contribution in [3.05, 3.63) is 82.9 Å². The van der Waals surface area contributed by atoms with Crippen molar-refractivity contribution in [3.63, 3.8) is 0 Å². The molecule has 0 bridgehead atoms. The molecule has 0 amide bonds. The molecular formula is C23H19KN4O10S3. The van der Waals surface area contributed by atoms with E-state index in [-0.39, 0.29) is 85.0 Å². The molecular weight excluding hydrogens is 628 g/mol. The molecule has 0 saturated heterocycles. The molecule has 0 radical (unpaired) electrons. The van der Waals surface area contributed by atoms with Gasteiger partial charge in [-0.1, -0.05) is 18.2 Å². The Balaban J connectivity index is 0.00000462. The van der Waals surface area contributed by atoms with E-state index in [9.17, 15) is 45.0 Å². The number of sulfonamides is 1. The number of non-ortho nitro benzene ring substituents is 1. The minimum absolute atomic E-state index is 0. The van der Waals surface area contributed by atoms with Crippen molar-refractivity contribution in [1.29, 1.82) is 0 Å². The summed E-state index contributed by atoms with van der Waals surface area (Å²) in [6.07, 6.45) is 0.838. The first-order valence-electron chi connectivity index (χ1n) is 10.8. The number of nitro benzene ring substituents is 1. The van der Waals surface area contributed by atoms with Gasteiger partial charge in [0.15, 0.2) is 9.84 Å². The summed E-state index contributed by atoms with van der Waals surface area (Å²) < 4.78 is 85.2. The number of hydrogen-bond donors (Lipinski definition) is 3. The standard InChI is InChI=1S/C23H18N4O10S3.K.H/c1-38(31,32)22-12-14(27(29)30)8-9-18(22)24-25-19-10-11-21(28)17-6-3-7-20(23(17)19)26-39(33,34)15-4-2-5-16(13-15)40(35,36)37;;/h2-13,26,28H,1H3,(H,35,36,37);;. The summed E-state index contributed by atoms with van der Waals surface area (Å²) in [4.78, 5) is 8.73. The van der Waals surface area contributed by atoms with Gasteiger partial charge in [0.1, 0.15) is 16.3 Å². The first-order chi connectivity index (χ1) is 18.6. The second-order valence-electron chi connectivity index (χ2n) is 8.27. The van der Waals surface area contributed by atoms with E-state index in [1.54, 1.807) is 0 Å². The molecule has 0 aliphatic rings. The quantitative estimate of drug-likeness (QED) is 0.0828. The van der Waals surface area contributed by atoms with Crippen LogP contribution in [0.3, 0.4) is 0 Å². The third-order valence-corrected chi connectivity index (χ3v) is 8.81. The van der Waals surface area contributed by atoms with E-state index in [1.807, 2.05) is 0 Å². The molecule has 0 heterocycles. The molecule has 0 aliphatic heterocycles. The van der Waals surface area contributed by atoms with E-state index >= 15 is 0 Å². The van der Waals surface area contributed by atoms with Crippen LogP contribution in [0.25, 0.3) is 10.8 Å². The van der Waals surface area contributed by atoms with Crippen molar-refractivity contribution in [2.45, 2.75) is 14.7 Å². The Kier molecular flexibility index (Phi) is 9.73. The van der Waals surface area contributed by atoms with Gasteiger partial charge in [-0.2, -0.15) is 8.42 Å². The number of anilines is 1. The van der Waals surface area contributed by atoms with Crippen LogP contribution < -0.4 is 4.72 Å². The third kappa shape index (κ3) is 7.34. The summed E-state index contributed by atoms with van der Waals surface area (Å²) in [5.74, 6) is -0.254. The second kappa shape index (κ2) is 12.2. The second-order valence-corrected chi connectivity index (χ2v) is 13.4. The zero-order valence-electron chi connectivity index (χ0n) is 20.2. The number of nitrogens with zero attached hydrogens (tertiary/aromatic N) is 3. The molecule has 18 heteroatoms. The van der Waals surface area contributed by atoms with Crippen LogP contribution in [0.4, 0.5) is 22.7 Å². The van der Waals surface area contributed by atoms with E-state index in [0.717, 1.165) is 48.7 Å². The number of rotatable bonds is 8. The van der Waals surface area contributed by atoms with Gasteiger partial charge in [-0.25, -0.2) is 16.8 Å². The van der Waals surface area contributed by atoms with Gasteiger partial charge in [0.2, 0.25) is 0 Å². The fourth-order valence-corrected chi connectivity index (χ4v) is 6.19. The van der Waals surface area contributed by atoms with Crippen LogP contribution in [0.2, 0.25) is 0 Å². The van der Waals surface area contributed by atoms with Gasteiger partial charge >= 0.3 is 51.4 Å². The Bertz CT molecular complexity index is 2050. The normalized spacial score (nSPS) is 12.2. The minimum atomic E-state index is -4.69. The molecule has 0 unspecified atom stereocenters. The monoisotopic (exact) mass is 646 g/mol. The van der Waals surface area contributed by atoms with Gasteiger partial charge in [0, 0.05) is 29.2 Å². The van der Waals surface area contributed by atoms with Crippen LogP contribution in [0, 0.1) is 10.1 Å². The molecule has 0 saturated carbocycles. The molecule has 0 atom stereocenters. The van der Waals surface area contributed by atoms with Crippen molar-refractivity contribution >= 4 is 115 Å². The summed E-state index contributed by atoms with van der Waals surface area (Å²) >= 11 is 0. The van der Waals surface area contributed by atoms with Gasteiger partial charge in [0.05, 0.1) is 26.1 Å². The van der Waals surface area contributed by atoms with Crippen LogP contribution in [0.15, 0.2) is 97.7 Å². The molecule has 14 nitrogen and oxygen atoms in total. The Morgan fingerprint density at radius 2 is 1.44 bits per heavy atom. The average Bonchev–Trinajstić information content (AvgIpc) is 2.87. The van der Waals surface area contributed by atoms with Crippen molar-refractivity contribution < 1.29 is 39.8 Å². The van der Waals surface area contributed by atoms with Gasteiger partial charge in [-0.3, -0.25) is 19.4 Å². The van der Waals surface area contributed by atoms with Crippen molar-refractivity contribution in [3.8, 4) is 5.75 Å². The Labute approximate surface area is 276 Å². The zero-order chi connectivity index (χ0) is 29.5. The Hall–Kier alpha value is -2.81. The van der Waals surface area contributed by atoms with Crippen molar-refractivity contribution in [1.82, 2.24) is 0 Å². The SMILES string of the molecule is CS(=O)(=O)c1cc([N+](=O)[O-])ccc1N=Nc1ccc(O)c2cccc(NS(=O)(=O)c3cccc(S(=O)(=O)O)c3)c12.[KH]. The molecule has 0 spiro atoms. The van der Waals surface area contributed by atoms with Crippen LogP contribution in [-0.2, 0) is 30.0 Å². The molecule has 4 aromatic carbocycles. The number of nitro groups is 1. The first kappa shape index (κ1) is 32.7. The molecule has 4 rings (SSSR count). The number of phenolic OH excluding ortho intramolecular Hbond substituents is 1. The van der Waals surface area contributed by atoms with Crippen LogP contribution in [0.1, 0.15) is 0 Å². The van der Waals surface area contributed by atoms with Crippen molar-refractivity contribution in [2.24, 2.45) is 10.2 Å². The topological polar surface area (TPSA) is 223 Å². The summed E-state index contributed by atoms with van der Waals surface area (Å²) in [5, 5.41) is 29.6. The third-order valence-electron chi connectivity index (χ3n) is 5.47. The first-order valence-corrected chi connectivity index (χ1v) is 15.6. The summed E-state index contributed by atoms with van der Waals surface area (Å²) in [6.45, 7) is 0. The Morgan fingerprint density at radius 1 is 0.829 bits per heavy atom. The molecule has 4 aromatic rings. The molecule has 41 heavy (non-hydrogen) atoms. The number of hydrogen-bond acceptors (Lipinski definition) is 11. The van der Waals surface area contributed by atoms with Crippen molar-refractivity contribution in [2.75, 3.05) is 11.0 Å². The number of fused-ring (bicyclic) bond motifs is 1. The number of nitrogens with one attached hydrogen (secondary N) is 1. The van der Waals surface area contributed by atoms with Gasteiger partial charge in [0.25, 0.3) is 25.8 Å². The van der Waals surface area contributed by atoms with Crippen LogP contribution in [-0.4, -0.2) is 97.5 Å². The van der Waals surface area contributed by atoms with Gasteiger partial charge in [-0.05, 0) is 42.5 Å². The van der Waals surface area contributed by atoms with Gasteiger partial charge in [-0.15, -0.1) is 10.2 Å². The van der Waals surface area contributed by atoms with E-state index in [2.05, 4.69) is 15.0 Å². The number of phenols is 1. The van der Waals surface area contributed by atoms with Crippen LogP contribution in [0.5, 0.6) is 5.75 Å². The average molecular weight is 647 g/mol. The molecule has 0 fully saturated rings. The predicted octanol–water partition coefficient (Wildman–Crippen LogP) is 3.67. The van der Waals surface area contributed by atoms with Gasteiger partial charge < -0.3 is 5.11 Å². The molecule has 3 N–H and O–H groups in total. The summed E-state index contributed by atoms with van der Waals surface area (Å²) in [7, 11) is -13.1. The Morgan fingerprint density at radius 3 is 2.07 bits per heavy atom. The summed E-state index contributed by atoms with van der Waals surface area (Å²) in [5.41, 5.74) is -0.833. The number of benzene rings is 4. The maximum absolute atomic E-state index is 13.1.